The summed E-state index contributed by atoms with van der Waals surface area (Å²) in [6, 6.07) is 12.7. The van der Waals surface area contributed by atoms with Crippen LogP contribution in [-0.4, -0.2) is 9.55 Å². The Labute approximate surface area is 109 Å². The summed E-state index contributed by atoms with van der Waals surface area (Å²) in [4.78, 5) is 3.02. The lowest BCUT2D eigenvalue weighted by molar-refractivity contribution is 0.629. The van der Waals surface area contributed by atoms with Crippen molar-refractivity contribution in [3.05, 3.63) is 58.6 Å². The molecule has 3 rings (SSSR count). The molecule has 0 saturated heterocycles. The van der Waals surface area contributed by atoms with E-state index in [0.29, 0.717) is 10.3 Å². The van der Waals surface area contributed by atoms with E-state index in [1.165, 1.54) is 17.7 Å². The van der Waals surface area contributed by atoms with Crippen molar-refractivity contribution in [2.24, 2.45) is 0 Å². The molecule has 1 aromatic heterocycles. The van der Waals surface area contributed by atoms with E-state index in [2.05, 4.69) is 4.98 Å². The number of aryl methyl sites for hydroxylation is 1. The summed E-state index contributed by atoms with van der Waals surface area (Å²) in [7, 11) is 0. The van der Waals surface area contributed by atoms with Gasteiger partial charge in [0.2, 0.25) is 0 Å². The molecular formula is C14H11FN2S. The van der Waals surface area contributed by atoms with E-state index in [9.17, 15) is 4.39 Å². The molecule has 0 aliphatic carbocycles. The highest BCUT2D eigenvalue weighted by atomic mass is 32.1. The van der Waals surface area contributed by atoms with Crippen LogP contribution in [0.1, 0.15) is 5.56 Å². The van der Waals surface area contributed by atoms with Gasteiger partial charge >= 0.3 is 0 Å². The van der Waals surface area contributed by atoms with Crippen molar-refractivity contribution >= 4 is 23.3 Å². The van der Waals surface area contributed by atoms with Crippen LogP contribution in [0.15, 0.2) is 42.5 Å². The molecular weight excluding hydrogens is 247 g/mol. The first kappa shape index (κ1) is 11.2. The predicted octanol–water partition coefficient (Wildman–Crippen LogP) is 4.14. The van der Waals surface area contributed by atoms with Gasteiger partial charge in [0.1, 0.15) is 5.82 Å². The molecule has 1 N–H and O–H groups in total. The number of nitrogens with one attached hydrogen (secondary N) is 1. The van der Waals surface area contributed by atoms with Crippen LogP contribution in [0.3, 0.4) is 0 Å². The Bertz CT molecular complexity index is 769. The van der Waals surface area contributed by atoms with Crippen LogP contribution in [0, 0.1) is 17.5 Å². The molecule has 4 heteroatoms. The average Bonchev–Trinajstić information content (AvgIpc) is 2.65. The highest BCUT2D eigenvalue weighted by Crippen LogP contribution is 2.20. The molecule has 0 radical (unpaired) electrons. The van der Waals surface area contributed by atoms with Crippen molar-refractivity contribution < 1.29 is 4.39 Å². The number of benzene rings is 2. The molecule has 0 unspecified atom stereocenters. The maximum atomic E-state index is 13.2. The molecule has 3 aromatic rings. The monoisotopic (exact) mass is 258 g/mol. The predicted molar refractivity (Wildman–Crippen MR) is 73.2 cm³/mol. The summed E-state index contributed by atoms with van der Waals surface area (Å²) >= 11 is 5.30. The number of H-pyrrole nitrogens is 1. The third kappa shape index (κ3) is 1.75. The largest absolute Gasteiger partial charge is 0.330 e. The number of aromatic nitrogens is 2. The Morgan fingerprint density at radius 3 is 2.56 bits per heavy atom. The first-order chi connectivity index (χ1) is 8.65. The molecule has 0 spiro atoms. The second-order valence-corrected chi connectivity index (χ2v) is 4.65. The van der Waals surface area contributed by atoms with Gasteiger partial charge in [0.05, 0.1) is 11.0 Å². The molecule has 0 amide bonds. The maximum absolute atomic E-state index is 13.2. The smallest absolute Gasteiger partial charge is 0.182 e. The lowest BCUT2D eigenvalue weighted by atomic mass is 10.2. The fourth-order valence-corrected chi connectivity index (χ4v) is 2.35. The Kier molecular flexibility index (Phi) is 2.52. The van der Waals surface area contributed by atoms with Crippen molar-refractivity contribution in [2.45, 2.75) is 6.92 Å². The molecule has 0 atom stereocenters. The van der Waals surface area contributed by atoms with Crippen LogP contribution in [0.4, 0.5) is 4.39 Å². The van der Waals surface area contributed by atoms with Crippen LogP contribution in [-0.2, 0) is 0 Å². The number of nitrogens with zero attached hydrogens (tertiary/aromatic N) is 1. The summed E-state index contributed by atoms with van der Waals surface area (Å²) in [5.41, 5.74) is 3.76. The van der Waals surface area contributed by atoms with Gasteiger partial charge in [0, 0.05) is 5.69 Å². The first-order valence-electron chi connectivity index (χ1n) is 5.62. The van der Waals surface area contributed by atoms with Crippen LogP contribution in [0.2, 0.25) is 0 Å². The zero-order chi connectivity index (χ0) is 12.7. The number of aromatic amines is 1. The fourth-order valence-electron chi connectivity index (χ4n) is 2.03. The Morgan fingerprint density at radius 1 is 1.11 bits per heavy atom. The van der Waals surface area contributed by atoms with Gasteiger partial charge in [-0.05, 0) is 49.5 Å². The second kappa shape index (κ2) is 4.07. The van der Waals surface area contributed by atoms with Gasteiger partial charge in [-0.1, -0.05) is 17.7 Å². The Balaban J connectivity index is 2.32. The molecule has 0 fully saturated rings. The molecule has 0 aliphatic rings. The SMILES string of the molecule is Cc1ccc(-n2c(=S)[nH]c3cc(F)ccc32)cc1. The Morgan fingerprint density at radius 2 is 1.83 bits per heavy atom. The summed E-state index contributed by atoms with van der Waals surface area (Å²) < 4.78 is 15.6. The molecule has 18 heavy (non-hydrogen) atoms. The third-order valence-electron chi connectivity index (χ3n) is 2.94. The topological polar surface area (TPSA) is 20.7 Å². The van der Waals surface area contributed by atoms with Crippen LogP contribution in [0.5, 0.6) is 0 Å². The molecule has 0 saturated carbocycles. The number of fused-ring (bicyclic) bond motifs is 1. The first-order valence-corrected chi connectivity index (χ1v) is 6.03. The summed E-state index contributed by atoms with van der Waals surface area (Å²) in [6.45, 7) is 2.04. The normalized spacial score (nSPS) is 11.0. The van der Waals surface area contributed by atoms with Gasteiger partial charge in [-0.2, -0.15) is 0 Å². The molecule has 90 valence electrons. The van der Waals surface area contributed by atoms with E-state index < -0.39 is 0 Å². The van der Waals surface area contributed by atoms with Crippen molar-refractivity contribution in [3.63, 3.8) is 0 Å². The van der Waals surface area contributed by atoms with Gasteiger partial charge in [-0.3, -0.25) is 4.57 Å². The second-order valence-electron chi connectivity index (χ2n) is 4.26. The van der Waals surface area contributed by atoms with Crippen LogP contribution < -0.4 is 0 Å². The highest BCUT2D eigenvalue weighted by molar-refractivity contribution is 7.71. The zero-order valence-corrected chi connectivity index (χ0v) is 10.6. The highest BCUT2D eigenvalue weighted by Gasteiger charge is 2.06. The van der Waals surface area contributed by atoms with Crippen LogP contribution >= 0.6 is 12.2 Å². The molecule has 2 nitrogen and oxygen atoms in total. The zero-order valence-electron chi connectivity index (χ0n) is 9.77. The van der Waals surface area contributed by atoms with E-state index in [0.717, 1.165) is 11.2 Å². The lowest BCUT2D eigenvalue weighted by Gasteiger charge is -2.04. The van der Waals surface area contributed by atoms with E-state index in [1.807, 2.05) is 35.8 Å². The van der Waals surface area contributed by atoms with Crippen molar-refractivity contribution in [1.29, 1.82) is 0 Å². The van der Waals surface area contributed by atoms with Gasteiger partial charge < -0.3 is 4.98 Å². The molecule has 2 aromatic carbocycles. The third-order valence-corrected chi connectivity index (χ3v) is 3.22. The number of rotatable bonds is 1. The summed E-state index contributed by atoms with van der Waals surface area (Å²) in [5.74, 6) is -0.269. The number of halogens is 1. The molecule has 0 aliphatic heterocycles. The van der Waals surface area contributed by atoms with Gasteiger partial charge in [0.15, 0.2) is 4.77 Å². The van der Waals surface area contributed by atoms with E-state index in [4.69, 9.17) is 12.2 Å². The minimum Gasteiger partial charge on any atom is -0.330 e. The van der Waals surface area contributed by atoms with Gasteiger partial charge in [-0.15, -0.1) is 0 Å². The number of hydrogen-bond donors (Lipinski definition) is 1. The minimum atomic E-state index is -0.269. The standard InChI is InChI=1S/C14H11FN2S/c1-9-2-5-11(6-3-9)17-13-7-4-10(15)8-12(13)16-14(17)18/h2-8H,1H3,(H,16,18). The number of imidazole rings is 1. The Hall–Kier alpha value is -1.94. The van der Waals surface area contributed by atoms with Gasteiger partial charge in [-0.25, -0.2) is 4.39 Å². The maximum Gasteiger partial charge on any atom is 0.182 e. The quantitative estimate of drug-likeness (QED) is 0.651. The van der Waals surface area contributed by atoms with Gasteiger partial charge in [0.25, 0.3) is 0 Å². The van der Waals surface area contributed by atoms with Crippen molar-refractivity contribution in [2.75, 3.05) is 0 Å². The van der Waals surface area contributed by atoms with Crippen LogP contribution in [0.25, 0.3) is 16.7 Å². The lowest BCUT2D eigenvalue weighted by Crippen LogP contribution is -1.93. The van der Waals surface area contributed by atoms with Crippen molar-refractivity contribution in [1.82, 2.24) is 9.55 Å². The van der Waals surface area contributed by atoms with E-state index in [-0.39, 0.29) is 5.82 Å². The van der Waals surface area contributed by atoms with Crippen molar-refractivity contribution in [3.8, 4) is 5.69 Å². The summed E-state index contributed by atoms with van der Waals surface area (Å²) in [5, 5.41) is 0. The molecule has 1 heterocycles. The minimum absolute atomic E-state index is 0.269. The van der Waals surface area contributed by atoms with E-state index >= 15 is 0 Å². The van der Waals surface area contributed by atoms with E-state index in [1.54, 1.807) is 6.07 Å². The fraction of sp³-hybridized carbons (Fsp3) is 0.0714. The summed E-state index contributed by atoms with van der Waals surface area (Å²) in [6.07, 6.45) is 0. The number of hydrogen-bond acceptors (Lipinski definition) is 1. The molecule has 0 bridgehead atoms. The average molecular weight is 258 g/mol.